The molecule has 0 fully saturated rings. The number of carbonyl (C=O) groups excluding carboxylic acids is 1. The van der Waals surface area contributed by atoms with Crippen LogP contribution in [-0.4, -0.2) is 43.5 Å². The standard InChI is InChI=1S/C18H19F3N6O2/c1-11(2)27-10-22-7-14(27)13-5-4-6-15(23-13)24-16(28)12-8-26(9-18(19,20)21)25-17(12)29-3/h4-8,10-11H,9H2,1-3H3,(H,23,24,28). The summed E-state index contributed by atoms with van der Waals surface area (Å²) in [5.41, 5.74) is 1.23. The average Bonchev–Trinajstić information content (AvgIpc) is 3.27. The van der Waals surface area contributed by atoms with E-state index in [0.717, 1.165) is 11.9 Å². The fourth-order valence-corrected chi connectivity index (χ4v) is 2.72. The quantitative estimate of drug-likeness (QED) is 0.674. The van der Waals surface area contributed by atoms with Crippen LogP contribution in [0, 0.1) is 0 Å². The minimum Gasteiger partial charge on any atom is -0.479 e. The van der Waals surface area contributed by atoms with Crippen LogP contribution < -0.4 is 10.1 Å². The Hall–Kier alpha value is -3.37. The predicted molar refractivity (Wildman–Crippen MR) is 98.6 cm³/mol. The zero-order valence-corrected chi connectivity index (χ0v) is 15.9. The summed E-state index contributed by atoms with van der Waals surface area (Å²) in [4.78, 5) is 21.1. The van der Waals surface area contributed by atoms with E-state index in [1.54, 1.807) is 30.7 Å². The van der Waals surface area contributed by atoms with Crippen LogP contribution in [0.2, 0.25) is 0 Å². The molecule has 3 aromatic rings. The van der Waals surface area contributed by atoms with Gasteiger partial charge in [-0.05, 0) is 26.0 Å². The van der Waals surface area contributed by atoms with Crippen LogP contribution in [0.25, 0.3) is 11.4 Å². The highest BCUT2D eigenvalue weighted by Gasteiger charge is 2.30. The molecular formula is C18H19F3N6O2. The molecule has 1 amide bonds. The number of methoxy groups -OCH3 is 1. The molecule has 0 unspecified atom stereocenters. The summed E-state index contributed by atoms with van der Waals surface area (Å²) in [5, 5.41) is 6.21. The fourth-order valence-electron chi connectivity index (χ4n) is 2.72. The molecule has 0 aliphatic heterocycles. The second-order valence-corrected chi connectivity index (χ2v) is 6.51. The lowest BCUT2D eigenvalue weighted by atomic mass is 10.2. The van der Waals surface area contributed by atoms with Crippen molar-refractivity contribution in [2.45, 2.75) is 32.6 Å². The van der Waals surface area contributed by atoms with Gasteiger partial charge in [0.2, 0.25) is 5.88 Å². The van der Waals surface area contributed by atoms with Crippen molar-refractivity contribution in [3.05, 3.63) is 42.5 Å². The first kappa shape index (κ1) is 20.4. The molecule has 8 nitrogen and oxygen atoms in total. The summed E-state index contributed by atoms with van der Waals surface area (Å²) in [6.07, 6.45) is -0.135. The Morgan fingerprint density at radius 3 is 2.72 bits per heavy atom. The number of pyridine rings is 1. The molecule has 3 aromatic heterocycles. The molecule has 0 spiro atoms. The number of halogens is 3. The lowest BCUT2D eigenvalue weighted by molar-refractivity contribution is -0.142. The third-order valence-corrected chi connectivity index (χ3v) is 3.98. The molecule has 0 bridgehead atoms. The number of ether oxygens (including phenoxy) is 1. The molecule has 154 valence electrons. The average molecular weight is 408 g/mol. The van der Waals surface area contributed by atoms with E-state index in [9.17, 15) is 18.0 Å². The van der Waals surface area contributed by atoms with Crippen LogP contribution in [0.3, 0.4) is 0 Å². The summed E-state index contributed by atoms with van der Waals surface area (Å²) >= 11 is 0. The molecule has 11 heteroatoms. The Morgan fingerprint density at radius 2 is 2.07 bits per heavy atom. The molecular weight excluding hydrogens is 389 g/mol. The Bertz CT molecular complexity index is 1010. The number of anilines is 1. The molecule has 29 heavy (non-hydrogen) atoms. The van der Waals surface area contributed by atoms with Crippen molar-refractivity contribution >= 4 is 11.7 Å². The van der Waals surface area contributed by atoms with Gasteiger partial charge in [0.25, 0.3) is 5.91 Å². The molecule has 0 aromatic carbocycles. The third-order valence-electron chi connectivity index (χ3n) is 3.98. The number of imidazole rings is 1. The fraction of sp³-hybridized carbons (Fsp3) is 0.333. The monoisotopic (exact) mass is 408 g/mol. The van der Waals surface area contributed by atoms with E-state index in [2.05, 4.69) is 20.4 Å². The zero-order chi connectivity index (χ0) is 21.2. The molecule has 3 rings (SSSR count). The molecule has 0 aliphatic carbocycles. The maximum Gasteiger partial charge on any atom is 0.408 e. The second-order valence-electron chi connectivity index (χ2n) is 6.51. The van der Waals surface area contributed by atoms with Crippen LogP contribution in [0.1, 0.15) is 30.2 Å². The first-order valence-corrected chi connectivity index (χ1v) is 8.66. The summed E-state index contributed by atoms with van der Waals surface area (Å²) in [6, 6.07) is 5.22. The topological polar surface area (TPSA) is 86.9 Å². The second kappa shape index (κ2) is 7.94. The third kappa shape index (κ3) is 4.73. The van der Waals surface area contributed by atoms with Gasteiger partial charge in [-0.15, -0.1) is 5.10 Å². The van der Waals surface area contributed by atoms with Gasteiger partial charge in [-0.2, -0.15) is 13.2 Å². The molecule has 1 N–H and O–H groups in total. The van der Waals surface area contributed by atoms with Gasteiger partial charge in [0, 0.05) is 12.2 Å². The van der Waals surface area contributed by atoms with Gasteiger partial charge in [0.15, 0.2) is 0 Å². The SMILES string of the molecule is COc1nn(CC(F)(F)F)cc1C(=O)Nc1cccc(-c2cncn2C(C)C)n1. The minimum absolute atomic E-state index is 0.129. The van der Waals surface area contributed by atoms with E-state index in [0.29, 0.717) is 10.4 Å². The van der Waals surface area contributed by atoms with E-state index in [1.807, 2.05) is 18.4 Å². The molecule has 0 radical (unpaired) electrons. The number of aromatic nitrogens is 5. The molecule has 0 saturated carbocycles. The van der Waals surface area contributed by atoms with Crippen molar-refractivity contribution in [2.24, 2.45) is 0 Å². The first-order chi connectivity index (χ1) is 13.7. The maximum atomic E-state index is 12.6. The minimum atomic E-state index is -4.47. The molecule has 0 atom stereocenters. The van der Waals surface area contributed by atoms with Crippen LogP contribution >= 0.6 is 0 Å². The van der Waals surface area contributed by atoms with E-state index < -0.39 is 18.6 Å². The number of hydrogen-bond acceptors (Lipinski definition) is 5. The summed E-state index contributed by atoms with van der Waals surface area (Å²) < 4.78 is 45.2. The van der Waals surface area contributed by atoms with Crippen molar-refractivity contribution in [1.82, 2.24) is 24.3 Å². The predicted octanol–water partition coefficient (Wildman–Crippen LogP) is 3.55. The largest absolute Gasteiger partial charge is 0.479 e. The number of amides is 1. The van der Waals surface area contributed by atoms with Crippen molar-refractivity contribution < 1.29 is 22.7 Å². The van der Waals surface area contributed by atoms with Crippen LogP contribution in [0.5, 0.6) is 5.88 Å². The Labute approximate surface area is 164 Å². The van der Waals surface area contributed by atoms with Gasteiger partial charge in [0.1, 0.15) is 17.9 Å². The Morgan fingerprint density at radius 1 is 1.31 bits per heavy atom. The molecule has 3 heterocycles. The van der Waals surface area contributed by atoms with E-state index in [4.69, 9.17) is 4.74 Å². The number of nitrogens with one attached hydrogen (secondary N) is 1. The Balaban J connectivity index is 1.84. The van der Waals surface area contributed by atoms with Gasteiger partial charge in [-0.25, -0.2) is 9.97 Å². The van der Waals surface area contributed by atoms with Crippen molar-refractivity contribution in [3.63, 3.8) is 0 Å². The number of alkyl halides is 3. The van der Waals surface area contributed by atoms with Gasteiger partial charge in [-0.3, -0.25) is 9.48 Å². The summed E-state index contributed by atoms with van der Waals surface area (Å²) in [5.74, 6) is -0.660. The highest BCUT2D eigenvalue weighted by atomic mass is 19.4. The highest BCUT2D eigenvalue weighted by Crippen LogP contribution is 2.24. The highest BCUT2D eigenvalue weighted by molar-refractivity contribution is 6.05. The Kier molecular flexibility index (Phi) is 5.57. The number of nitrogens with zero attached hydrogens (tertiary/aromatic N) is 5. The van der Waals surface area contributed by atoms with Crippen molar-refractivity contribution in [1.29, 1.82) is 0 Å². The van der Waals surface area contributed by atoms with Gasteiger partial charge < -0.3 is 14.6 Å². The summed E-state index contributed by atoms with van der Waals surface area (Å²) in [7, 11) is 1.23. The lowest BCUT2D eigenvalue weighted by Crippen LogP contribution is -2.18. The van der Waals surface area contributed by atoms with Gasteiger partial charge >= 0.3 is 6.18 Å². The lowest BCUT2D eigenvalue weighted by Gasteiger charge is -2.12. The normalized spacial score (nSPS) is 11.7. The van der Waals surface area contributed by atoms with Gasteiger partial charge in [-0.1, -0.05) is 6.07 Å². The van der Waals surface area contributed by atoms with E-state index >= 15 is 0 Å². The number of hydrogen-bond donors (Lipinski definition) is 1. The van der Waals surface area contributed by atoms with Crippen LogP contribution in [0.15, 0.2) is 36.9 Å². The number of carbonyl (C=O) groups is 1. The maximum absolute atomic E-state index is 12.6. The van der Waals surface area contributed by atoms with E-state index in [1.165, 1.54) is 7.11 Å². The van der Waals surface area contributed by atoms with E-state index in [-0.39, 0.29) is 23.3 Å². The molecule has 0 aliphatic rings. The van der Waals surface area contributed by atoms with Crippen molar-refractivity contribution in [2.75, 3.05) is 12.4 Å². The smallest absolute Gasteiger partial charge is 0.408 e. The zero-order valence-electron chi connectivity index (χ0n) is 15.9. The van der Waals surface area contributed by atoms with Crippen LogP contribution in [0.4, 0.5) is 19.0 Å². The van der Waals surface area contributed by atoms with Crippen LogP contribution in [-0.2, 0) is 6.54 Å². The summed E-state index contributed by atoms with van der Waals surface area (Å²) in [6.45, 7) is 2.67. The van der Waals surface area contributed by atoms with Gasteiger partial charge in [0.05, 0.1) is 31.0 Å². The number of rotatable bonds is 6. The molecule has 0 saturated heterocycles. The first-order valence-electron chi connectivity index (χ1n) is 8.66. The van der Waals surface area contributed by atoms with Crippen molar-refractivity contribution in [3.8, 4) is 17.3 Å².